The van der Waals surface area contributed by atoms with E-state index in [0.717, 1.165) is 12.1 Å². The molecular weight excluding hydrogens is 431 g/mol. The third-order valence-corrected chi connectivity index (χ3v) is 6.71. The highest BCUT2D eigenvalue weighted by Crippen LogP contribution is 2.29. The number of non-ortho nitro benzene ring substituents is 1. The predicted octanol–water partition coefficient (Wildman–Crippen LogP) is 2.18. The summed E-state index contributed by atoms with van der Waals surface area (Å²) in [4.78, 5) is 25.8. The van der Waals surface area contributed by atoms with Gasteiger partial charge in [0.25, 0.3) is 5.69 Å². The molecule has 9 nitrogen and oxygen atoms in total. The standard InChI is InChI=1S/C16H23ClN4O5S.ClH/c1-19(2)7-5-18-16(22)20-6-3-4-14(11-20)27(25,26)15-9-12(17)8-13(10-15)21(23)24;/h8-10,14H,3-7,11H2,1-2H3,(H,18,22);1H. The molecule has 0 radical (unpaired) electrons. The lowest BCUT2D eigenvalue weighted by atomic mass is 10.1. The smallest absolute Gasteiger partial charge is 0.317 e. The summed E-state index contributed by atoms with van der Waals surface area (Å²) in [5, 5.41) is 12.9. The molecule has 0 spiro atoms. The maximum absolute atomic E-state index is 12.9. The number of nitrogens with zero attached hydrogens (tertiary/aromatic N) is 3. The molecule has 1 aliphatic heterocycles. The van der Waals surface area contributed by atoms with Crippen molar-refractivity contribution in [1.82, 2.24) is 15.1 Å². The van der Waals surface area contributed by atoms with E-state index in [9.17, 15) is 23.3 Å². The Bertz CT molecular complexity index is 819. The molecule has 1 fully saturated rings. The molecule has 2 amide bonds. The fourth-order valence-electron chi connectivity index (χ4n) is 2.88. The number of benzene rings is 1. The van der Waals surface area contributed by atoms with Crippen molar-refractivity contribution in [3.63, 3.8) is 0 Å². The van der Waals surface area contributed by atoms with Gasteiger partial charge in [-0.25, -0.2) is 13.2 Å². The quantitative estimate of drug-likeness (QED) is 0.520. The number of hydrogen-bond donors (Lipinski definition) is 1. The Balaban J connectivity index is 0.00000392. The molecule has 12 heteroatoms. The van der Waals surface area contributed by atoms with Crippen molar-refractivity contribution in [2.24, 2.45) is 0 Å². The zero-order valence-electron chi connectivity index (χ0n) is 15.6. The van der Waals surface area contributed by atoms with Crippen LogP contribution in [-0.4, -0.2) is 74.7 Å². The summed E-state index contributed by atoms with van der Waals surface area (Å²) >= 11 is 5.85. The van der Waals surface area contributed by atoms with Crippen LogP contribution in [-0.2, 0) is 9.84 Å². The Morgan fingerprint density at radius 2 is 2.07 bits per heavy atom. The molecule has 0 aromatic heterocycles. The minimum absolute atomic E-state index is 0. The van der Waals surface area contributed by atoms with Gasteiger partial charge in [0.15, 0.2) is 9.84 Å². The van der Waals surface area contributed by atoms with Crippen molar-refractivity contribution in [3.05, 3.63) is 33.3 Å². The number of carbonyl (C=O) groups excluding carboxylic acids is 1. The van der Waals surface area contributed by atoms with E-state index in [1.165, 1.54) is 11.0 Å². The van der Waals surface area contributed by atoms with Gasteiger partial charge in [-0.15, -0.1) is 12.4 Å². The summed E-state index contributed by atoms with van der Waals surface area (Å²) in [6.45, 7) is 1.64. The van der Waals surface area contributed by atoms with E-state index < -0.39 is 20.0 Å². The van der Waals surface area contributed by atoms with Gasteiger partial charge in [0.05, 0.1) is 15.1 Å². The van der Waals surface area contributed by atoms with Gasteiger partial charge in [-0.05, 0) is 33.0 Å². The molecule has 2 rings (SSSR count). The maximum Gasteiger partial charge on any atom is 0.317 e. The van der Waals surface area contributed by atoms with E-state index in [0.29, 0.717) is 32.5 Å². The fraction of sp³-hybridized carbons (Fsp3) is 0.562. The van der Waals surface area contributed by atoms with Gasteiger partial charge >= 0.3 is 6.03 Å². The van der Waals surface area contributed by atoms with E-state index in [2.05, 4.69) is 5.32 Å². The van der Waals surface area contributed by atoms with Crippen LogP contribution in [0.3, 0.4) is 0 Å². The minimum atomic E-state index is -3.86. The van der Waals surface area contributed by atoms with Crippen LogP contribution in [0.4, 0.5) is 10.5 Å². The first kappa shape index (κ1) is 24.4. The van der Waals surface area contributed by atoms with Gasteiger partial charge in [-0.2, -0.15) is 0 Å². The monoisotopic (exact) mass is 454 g/mol. The number of carbonyl (C=O) groups is 1. The first-order valence-electron chi connectivity index (χ1n) is 8.47. The van der Waals surface area contributed by atoms with Crippen LogP contribution in [0, 0.1) is 10.1 Å². The van der Waals surface area contributed by atoms with Crippen LogP contribution < -0.4 is 5.32 Å². The first-order valence-corrected chi connectivity index (χ1v) is 10.4. The van der Waals surface area contributed by atoms with Crippen LogP contribution in [0.25, 0.3) is 0 Å². The highest BCUT2D eigenvalue weighted by atomic mass is 35.5. The number of amides is 2. The van der Waals surface area contributed by atoms with Crippen molar-refractivity contribution in [2.75, 3.05) is 40.3 Å². The second kappa shape index (κ2) is 10.2. The van der Waals surface area contributed by atoms with Gasteiger partial charge in [0.1, 0.15) is 0 Å². The highest BCUT2D eigenvalue weighted by molar-refractivity contribution is 7.92. The Kier molecular flexibility index (Phi) is 8.93. The van der Waals surface area contributed by atoms with Crippen molar-refractivity contribution < 1.29 is 18.1 Å². The van der Waals surface area contributed by atoms with Crippen LogP contribution >= 0.6 is 24.0 Å². The van der Waals surface area contributed by atoms with Crippen LogP contribution in [0.1, 0.15) is 12.8 Å². The number of sulfone groups is 1. The highest BCUT2D eigenvalue weighted by Gasteiger charge is 2.34. The number of halogens is 2. The maximum atomic E-state index is 12.9. The van der Waals surface area contributed by atoms with E-state index in [1.54, 1.807) is 0 Å². The molecule has 1 aromatic carbocycles. The lowest BCUT2D eigenvalue weighted by Gasteiger charge is -2.32. The van der Waals surface area contributed by atoms with Crippen LogP contribution in [0.15, 0.2) is 23.1 Å². The molecule has 1 heterocycles. The van der Waals surface area contributed by atoms with Crippen molar-refractivity contribution >= 4 is 45.6 Å². The molecule has 1 aromatic rings. The number of rotatable bonds is 6. The molecule has 0 bridgehead atoms. The number of piperidine rings is 1. The largest absolute Gasteiger partial charge is 0.337 e. The average Bonchev–Trinajstić information content (AvgIpc) is 2.60. The molecule has 1 unspecified atom stereocenters. The van der Waals surface area contributed by atoms with Crippen molar-refractivity contribution in [3.8, 4) is 0 Å². The molecule has 1 atom stereocenters. The molecule has 1 saturated heterocycles. The Labute approximate surface area is 175 Å². The number of nitro groups is 1. The fourth-order valence-corrected chi connectivity index (χ4v) is 4.99. The number of likely N-dealkylation sites (N-methyl/N-ethyl adjacent to an activating group) is 1. The summed E-state index contributed by atoms with van der Waals surface area (Å²) in [5.74, 6) is 0. The van der Waals surface area contributed by atoms with E-state index in [4.69, 9.17) is 11.6 Å². The average molecular weight is 455 g/mol. The number of likely N-dealkylation sites (tertiary alicyclic amines) is 1. The molecule has 1 N–H and O–H groups in total. The Hall–Kier alpha value is -1.62. The third kappa shape index (κ3) is 6.20. The minimum Gasteiger partial charge on any atom is -0.337 e. The predicted molar refractivity (Wildman–Crippen MR) is 109 cm³/mol. The number of nitrogens with one attached hydrogen (secondary N) is 1. The molecule has 1 aliphatic rings. The summed E-state index contributed by atoms with van der Waals surface area (Å²) in [6.07, 6.45) is 0.914. The summed E-state index contributed by atoms with van der Waals surface area (Å²) in [7, 11) is -0.0823. The zero-order chi connectivity index (χ0) is 20.2. The molecule has 158 valence electrons. The number of urea groups is 1. The second-order valence-corrected chi connectivity index (χ2v) is 9.36. The van der Waals surface area contributed by atoms with Crippen LogP contribution in [0.5, 0.6) is 0 Å². The SMILES string of the molecule is CN(C)CCNC(=O)N1CCCC(S(=O)(=O)c2cc(Cl)cc([N+](=O)[O-])c2)C1.Cl. The summed E-state index contributed by atoms with van der Waals surface area (Å²) < 4.78 is 25.9. The van der Waals surface area contributed by atoms with Gasteiger partial charge in [0.2, 0.25) is 0 Å². The lowest BCUT2D eigenvalue weighted by Crippen LogP contribution is -2.49. The Morgan fingerprint density at radius 1 is 1.39 bits per heavy atom. The topological polar surface area (TPSA) is 113 Å². The van der Waals surface area contributed by atoms with Gasteiger partial charge in [-0.3, -0.25) is 10.1 Å². The lowest BCUT2D eigenvalue weighted by molar-refractivity contribution is -0.385. The number of hydrogen-bond acceptors (Lipinski definition) is 6. The second-order valence-electron chi connectivity index (χ2n) is 6.69. The van der Waals surface area contributed by atoms with Crippen molar-refractivity contribution in [2.45, 2.75) is 23.0 Å². The van der Waals surface area contributed by atoms with Crippen LogP contribution in [0.2, 0.25) is 5.02 Å². The molecule has 0 saturated carbocycles. The van der Waals surface area contributed by atoms with E-state index >= 15 is 0 Å². The summed E-state index contributed by atoms with van der Waals surface area (Å²) in [6, 6.07) is 3.01. The van der Waals surface area contributed by atoms with E-state index in [1.807, 2.05) is 19.0 Å². The zero-order valence-corrected chi connectivity index (χ0v) is 18.0. The number of nitro benzene ring substituents is 1. The van der Waals surface area contributed by atoms with E-state index in [-0.39, 0.29) is 40.6 Å². The van der Waals surface area contributed by atoms with Crippen molar-refractivity contribution in [1.29, 1.82) is 0 Å². The van der Waals surface area contributed by atoms with Gasteiger partial charge in [-0.1, -0.05) is 11.6 Å². The van der Waals surface area contributed by atoms with Gasteiger partial charge in [0, 0.05) is 43.3 Å². The molecule has 28 heavy (non-hydrogen) atoms. The molecular formula is C16H24Cl2N4O5S. The molecule has 0 aliphatic carbocycles. The first-order chi connectivity index (χ1) is 12.6. The van der Waals surface area contributed by atoms with Gasteiger partial charge < -0.3 is 15.1 Å². The Morgan fingerprint density at radius 3 is 2.68 bits per heavy atom. The summed E-state index contributed by atoms with van der Waals surface area (Å²) in [5.41, 5.74) is -0.379. The normalized spacial score (nSPS) is 17.1. The third-order valence-electron chi connectivity index (χ3n) is 4.33.